The third-order valence-corrected chi connectivity index (χ3v) is 2.98. The standard InChI is InChI=1S/C13H30N.H3O4P/c1-5-7-9-10-11-13-14(3,4)12-8-6-2;1-5(2,3)4/h5-13H2,1-4H3;(H3,1,2,3,4)/q+1;. The van der Waals surface area contributed by atoms with Gasteiger partial charge in [0.25, 0.3) is 0 Å². The molecule has 0 amide bonds. The van der Waals surface area contributed by atoms with Gasteiger partial charge in [0.15, 0.2) is 0 Å². The van der Waals surface area contributed by atoms with Gasteiger partial charge < -0.3 is 19.2 Å². The number of phosphoric acid groups is 1. The molecule has 118 valence electrons. The zero-order valence-electron chi connectivity index (χ0n) is 13.0. The van der Waals surface area contributed by atoms with E-state index in [1.807, 2.05) is 0 Å². The Balaban J connectivity index is 0. The molecule has 19 heavy (non-hydrogen) atoms. The fourth-order valence-electron chi connectivity index (χ4n) is 1.84. The van der Waals surface area contributed by atoms with E-state index in [2.05, 4.69) is 27.9 Å². The van der Waals surface area contributed by atoms with Crippen molar-refractivity contribution in [2.45, 2.75) is 58.8 Å². The van der Waals surface area contributed by atoms with Crippen LogP contribution in [0.25, 0.3) is 0 Å². The summed E-state index contributed by atoms with van der Waals surface area (Å²) in [4.78, 5) is 21.6. The maximum atomic E-state index is 8.88. The van der Waals surface area contributed by atoms with E-state index in [-0.39, 0.29) is 0 Å². The van der Waals surface area contributed by atoms with E-state index in [4.69, 9.17) is 19.2 Å². The molecule has 0 saturated heterocycles. The number of hydrogen-bond acceptors (Lipinski definition) is 1. The van der Waals surface area contributed by atoms with E-state index in [9.17, 15) is 0 Å². The maximum absolute atomic E-state index is 8.88. The highest BCUT2D eigenvalue weighted by atomic mass is 31.2. The Hall–Kier alpha value is 0.0700. The lowest BCUT2D eigenvalue weighted by Crippen LogP contribution is -2.41. The van der Waals surface area contributed by atoms with Crippen LogP contribution in [0.3, 0.4) is 0 Å². The van der Waals surface area contributed by atoms with E-state index in [1.54, 1.807) is 0 Å². The van der Waals surface area contributed by atoms with Crippen LogP contribution in [0.1, 0.15) is 58.8 Å². The minimum atomic E-state index is -4.64. The van der Waals surface area contributed by atoms with Gasteiger partial charge in [0.2, 0.25) is 0 Å². The van der Waals surface area contributed by atoms with Crippen LogP contribution in [-0.4, -0.2) is 46.3 Å². The van der Waals surface area contributed by atoms with Crippen molar-refractivity contribution in [2.75, 3.05) is 27.2 Å². The maximum Gasteiger partial charge on any atom is 0.466 e. The van der Waals surface area contributed by atoms with Crippen molar-refractivity contribution < 1.29 is 23.7 Å². The topological polar surface area (TPSA) is 77.8 Å². The van der Waals surface area contributed by atoms with Gasteiger partial charge in [-0.15, -0.1) is 0 Å². The molecule has 0 aromatic carbocycles. The molecule has 0 spiro atoms. The molecule has 6 heteroatoms. The molecule has 0 heterocycles. The zero-order chi connectivity index (χ0) is 15.4. The van der Waals surface area contributed by atoms with Gasteiger partial charge in [-0.3, -0.25) is 0 Å². The predicted molar refractivity (Wildman–Crippen MR) is 79.8 cm³/mol. The molecule has 0 radical (unpaired) electrons. The lowest BCUT2D eigenvalue weighted by Gasteiger charge is -2.29. The molecule has 5 nitrogen and oxygen atoms in total. The van der Waals surface area contributed by atoms with Crippen molar-refractivity contribution in [1.82, 2.24) is 0 Å². The monoisotopic (exact) mass is 298 g/mol. The van der Waals surface area contributed by atoms with Gasteiger partial charge in [-0.25, -0.2) is 4.57 Å². The van der Waals surface area contributed by atoms with Gasteiger partial charge in [0, 0.05) is 0 Å². The Morgan fingerprint density at radius 3 is 1.58 bits per heavy atom. The van der Waals surface area contributed by atoms with Crippen molar-refractivity contribution in [3.8, 4) is 0 Å². The highest BCUT2D eigenvalue weighted by molar-refractivity contribution is 7.45. The Morgan fingerprint density at radius 2 is 1.16 bits per heavy atom. The summed E-state index contributed by atoms with van der Waals surface area (Å²) >= 11 is 0. The molecule has 0 bridgehead atoms. The van der Waals surface area contributed by atoms with Crippen LogP contribution in [0.2, 0.25) is 0 Å². The molecular formula is C13H33NO4P+. The first-order chi connectivity index (χ1) is 8.62. The van der Waals surface area contributed by atoms with Gasteiger partial charge in [-0.1, -0.05) is 39.5 Å². The highest BCUT2D eigenvalue weighted by Gasteiger charge is 2.12. The SMILES string of the molecule is CCCCCCC[N+](C)(C)CCCC.O=P(O)(O)O. The third-order valence-electron chi connectivity index (χ3n) is 2.98. The quantitative estimate of drug-likeness (QED) is 0.347. The Morgan fingerprint density at radius 1 is 0.789 bits per heavy atom. The molecule has 0 unspecified atom stereocenters. The predicted octanol–water partition coefficient (Wildman–Crippen LogP) is 2.90. The lowest BCUT2D eigenvalue weighted by atomic mass is 10.1. The van der Waals surface area contributed by atoms with Crippen molar-refractivity contribution in [3.05, 3.63) is 0 Å². The van der Waals surface area contributed by atoms with Gasteiger partial charge in [-0.05, 0) is 19.3 Å². The van der Waals surface area contributed by atoms with Gasteiger partial charge in [-0.2, -0.15) is 0 Å². The summed E-state index contributed by atoms with van der Waals surface area (Å²) in [6, 6.07) is 0. The van der Waals surface area contributed by atoms with Gasteiger partial charge >= 0.3 is 7.82 Å². The first kappa shape index (κ1) is 21.4. The Labute approximate surface area is 118 Å². The van der Waals surface area contributed by atoms with Crippen LogP contribution in [0.4, 0.5) is 0 Å². The molecule has 0 aliphatic carbocycles. The Kier molecular flexibility index (Phi) is 13.3. The minimum Gasteiger partial charge on any atom is -0.328 e. The summed E-state index contributed by atoms with van der Waals surface area (Å²) in [5.74, 6) is 0. The molecule has 0 aromatic rings. The lowest BCUT2D eigenvalue weighted by molar-refractivity contribution is -0.890. The van der Waals surface area contributed by atoms with Gasteiger partial charge in [0.05, 0.1) is 27.2 Å². The molecular weight excluding hydrogens is 265 g/mol. The number of unbranched alkanes of at least 4 members (excludes halogenated alkanes) is 5. The van der Waals surface area contributed by atoms with Crippen LogP contribution in [-0.2, 0) is 4.57 Å². The minimum absolute atomic E-state index is 1.22. The number of nitrogens with zero attached hydrogens (tertiary/aromatic N) is 1. The van der Waals surface area contributed by atoms with Crippen LogP contribution >= 0.6 is 7.82 Å². The fraction of sp³-hybridized carbons (Fsp3) is 1.00. The van der Waals surface area contributed by atoms with Crippen LogP contribution < -0.4 is 0 Å². The molecule has 0 aromatic heterocycles. The molecule has 0 aliphatic heterocycles. The van der Waals surface area contributed by atoms with E-state index >= 15 is 0 Å². The fourth-order valence-corrected chi connectivity index (χ4v) is 1.84. The summed E-state index contributed by atoms with van der Waals surface area (Å²) in [6.45, 7) is 7.27. The third kappa shape index (κ3) is 27.3. The van der Waals surface area contributed by atoms with E-state index in [0.29, 0.717) is 0 Å². The normalized spacial score (nSPS) is 11.9. The second-order valence-corrected chi connectivity index (χ2v) is 6.69. The van der Waals surface area contributed by atoms with Crippen LogP contribution in [0.15, 0.2) is 0 Å². The first-order valence-corrected chi connectivity index (χ1v) is 8.79. The molecule has 0 rings (SSSR count). The zero-order valence-corrected chi connectivity index (χ0v) is 13.9. The summed E-state index contributed by atoms with van der Waals surface area (Å²) in [5.41, 5.74) is 0. The smallest absolute Gasteiger partial charge is 0.328 e. The van der Waals surface area contributed by atoms with Crippen LogP contribution in [0.5, 0.6) is 0 Å². The van der Waals surface area contributed by atoms with Crippen molar-refractivity contribution in [2.24, 2.45) is 0 Å². The molecule has 3 N–H and O–H groups in total. The molecule has 0 saturated carbocycles. The van der Waals surface area contributed by atoms with Gasteiger partial charge in [0.1, 0.15) is 0 Å². The number of hydrogen-bond donors (Lipinski definition) is 3. The summed E-state index contributed by atoms with van der Waals surface area (Å²) < 4.78 is 10.1. The van der Waals surface area contributed by atoms with E-state index in [1.165, 1.54) is 62.5 Å². The second-order valence-electron chi connectivity index (χ2n) is 5.66. The number of rotatable bonds is 9. The van der Waals surface area contributed by atoms with E-state index < -0.39 is 7.82 Å². The van der Waals surface area contributed by atoms with Crippen molar-refractivity contribution in [3.63, 3.8) is 0 Å². The average Bonchev–Trinajstić information content (AvgIpc) is 2.24. The van der Waals surface area contributed by atoms with E-state index in [0.717, 1.165) is 0 Å². The first-order valence-electron chi connectivity index (χ1n) is 7.22. The number of quaternary nitrogens is 1. The summed E-state index contributed by atoms with van der Waals surface area (Å²) in [5, 5.41) is 0. The average molecular weight is 298 g/mol. The highest BCUT2D eigenvalue weighted by Crippen LogP contribution is 2.25. The van der Waals surface area contributed by atoms with Crippen LogP contribution in [0, 0.1) is 0 Å². The second kappa shape index (κ2) is 11.9. The molecule has 0 atom stereocenters. The van der Waals surface area contributed by atoms with Crippen molar-refractivity contribution >= 4 is 7.82 Å². The largest absolute Gasteiger partial charge is 0.466 e. The summed E-state index contributed by atoms with van der Waals surface area (Å²) in [7, 11) is 0.102. The Bertz CT molecular complexity index is 233. The molecule has 0 aliphatic rings. The molecule has 0 fully saturated rings. The summed E-state index contributed by atoms with van der Waals surface area (Å²) in [6.07, 6.45) is 9.76. The van der Waals surface area contributed by atoms with Crippen molar-refractivity contribution in [1.29, 1.82) is 0 Å².